The van der Waals surface area contributed by atoms with Crippen molar-refractivity contribution in [2.45, 2.75) is 18.6 Å². The minimum atomic E-state index is -0.228. The summed E-state index contributed by atoms with van der Waals surface area (Å²) in [5, 5.41) is 5.02. The molecule has 3 aromatic rings. The van der Waals surface area contributed by atoms with Crippen LogP contribution in [0, 0.1) is 5.82 Å². The highest BCUT2D eigenvalue weighted by Gasteiger charge is 2.07. The summed E-state index contributed by atoms with van der Waals surface area (Å²) in [7, 11) is 0. The van der Waals surface area contributed by atoms with E-state index in [-0.39, 0.29) is 5.82 Å². The fourth-order valence-electron chi connectivity index (χ4n) is 2.22. The lowest BCUT2D eigenvalue weighted by molar-refractivity contribution is 0.626. The van der Waals surface area contributed by atoms with E-state index in [2.05, 4.69) is 22.2 Å². The van der Waals surface area contributed by atoms with Crippen LogP contribution in [-0.2, 0) is 6.54 Å². The lowest BCUT2D eigenvalue weighted by atomic mass is 10.2. The highest BCUT2D eigenvalue weighted by Crippen LogP contribution is 2.24. The third-order valence-corrected chi connectivity index (χ3v) is 3.93. The minimum absolute atomic E-state index is 0.228. The summed E-state index contributed by atoms with van der Waals surface area (Å²) < 4.78 is 13.3. The number of hydrogen-bond donors (Lipinski definition) is 1. The Morgan fingerprint density at radius 2 is 1.95 bits per heavy atom. The van der Waals surface area contributed by atoms with E-state index in [1.165, 1.54) is 12.1 Å². The van der Waals surface area contributed by atoms with Gasteiger partial charge >= 0.3 is 0 Å². The Hall–Kier alpha value is -2.14. The molecule has 0 spiro atoms. The van der Waals surface area contributed by atoms with Crippen molar-refractivity contribution in [2.24, 2.45) is 0 Å². The Labute approximate surface area is 133 Å². The Morgan fingerprint density at radius 3 is 2.77 bits per heavy atom. The Morgan fingerprint density at radius 1 is 1.09 bits per heavy atom. The van der Waals surface area contributed by atoms with Crippen molar-refractivity contribution in [3.8, 4) is 0 Å². The van der Waals surface area contributed by atoms with E-state index in [9.17, 15) is 4.39 Å². The van der Waals surface area contributed by atoms with Gasteiger partial charge in [0.25, 0.3) is 0 Å². The van der Waals surface area contributed by atoms with Gasteiger partial charge in [0.1, 0.15) is 11.6 Å². The molecule has 0 aliphatic rings. The molecular formula is C17H16FN3S. The van der Waals surface area contributed by atoms with Crippen molar-refractivity contribution in [3.63, 3.8) is 0 Å². The van der Waals surface area contributed by atoms with Crippen LogP contribution in [0.25, 0.3) is 10.9 Å². The number of anilines is 1. The Kier molecular flexibility index (Phi) is 4.53. The summed E-state index contributed by atoms with van der Waals surface area (Å²) in [6.45, 7) is 2.60. The van der Waals surface area contributed by atoms with Crippen molar-refractivity contribution in [3.05, 3.63) is 59.9 Å². The second-order valence-electron chi connectivity index (χ2n) is 4.79. The van der Waals surface area contributed by atoms with Crippen LogP contribution in [0.15, 0.2) is 53.7 Å². The van der Waals surface area contributed by atoms with Gasteiger partial charge in [0, 0.05) is 11.9 Å². The summed E-state index contributed by atoms with van der Waals surface area (Å²) in [5.41, 5.74) is 1.79. The number of para-hydroxylation sites is 1. The third-order valence-electron chi connectivity index (χ3n) is 3.21. The zero-order valence-electron chi connectivity index (χ0n) is 12.2. The van der Waals surface area contributed by atoms with Crippen LogP contribution in [0.3, 0.4) is 0 Å². The highest BCUT2D eigenvalue weighted by molar-refractivity contribution is 7.99. The molecule has 1 aromatic heterocycles. The molecule has 0 aliphatic heterocycles. The predicted molar refractivity (Wildman–Crippen MR) is 89.7 cm³/mol. The van der Waals surface area contributed by atoms with Crippen molar-refractivity contribution in [1.82, 2.24) is 9.97 Å². The van der Waals surface area contributed by atoms with Gasteiger partial charge in [-0.3, -0.25) is 0 Å². The molecule has 0 saturated carbocycles. The molecule has 1 N–H and O–H groups in total. The van der Waals surface area contributed by atoms with Gasteiger partial charge in [0.05, 0.1) is 5.52 Å². The summed E-state index contributed by atoms with van der Waals surface area (Å²) >= 11 is 1.61. The SMILES string of the molecule is CCSc1nc(NCc2cccc(F)c2)c2ccccc2n1. The second kappa shape index (κ2) is 6.75. The molecule has 0 fully saturated rings. The van der Waals surface area contributed by atoms with Gasteiger partial charge in [-0.1, -0.05) is 43.0 Å². The minimum Gasteiger partial charge on any atom is -0.365 e. The number of rotatable bonds is 5. The first-order valence-corrected chi connectivity index (χ1v) is 8.12. The van der Waals surface area contributed by atoms with Gasteiger partial charge < -0.3 is 5.32 Å². The molecule has 0 saturated heterocycles. The van der Waals surface area contributed by atoms with E-state index in [0.29, 0.717) is 6.54 Å². The van der Waals surface area contributed by atoms with Crippen molar-refractivity contribution >= 4 is 28.5 Å². The largest absolute Gasteiger partial charge is 0.365 e. The van der Waals surface area contributed by atoms with Crippen molar-refractivity contribution in [1.29, 1.82) is 0 Å². The van der Waals surface area contributed by atoms with E-state index < -0.39 is 0 Å². The molecule has 0 bridgehead atoms. The third kappa shape index (κ3) is 3.36. The maximum Gasteiger partial charge on any atom is 0.190 e. The van der Waals surface area contributed by atoms with Crippen molar-refractivity contribution in [2.75, 3.05) is 11.1 Å². The number of thioether (sulfide) groups is 1. The van der Waals surface area contributed by atoms with Crippen LogP contribution >= 0.6 is 11.8 Å². The molecule has 3 rings (SSSR count). The maximum absolute atomic E-state index is 13.3. The highest BCUT2D eigenvalue weighted by atomic mass is 32.2. The van der Waals surface area contributed by atoms with E-state index in [0.717, 1.165) is 33.2 Å². The normalized spacial score (nSPS) is 10.8. The number of nitrogens with one attached hydrogen (secondary N) is 1. The molecule has 22 heavy (non-hydrogen) atoms. The molecule has 3 nitrogen and oxygen atoms in total. The number of nitrogens with zero attached hydrogens (tertiary/aromatic N) is 2. The number of hydrogen-bond acceptors (Lipinski definition) is 4. The zero-order valence-corrected chi connectivity index (χ0v) is 13.0. The van der Waals surface area contributed by atoms with Crippen molar-refractivity contribution < 1.29 is 4.39 Å². The van der Waals surface area contributed by atoms with Gasteiger partial charge in [0.2, 0.25) is 0 Å². The number of halogens is 1. The first kappa shape index (κ1) is 14.8. The lowest BCUT2D eigenvalue weighted by Gasteiger charge is -2.10. The summed E-state index contributed by atoms with van der Waals surface area (Å²) in [6, 6.07) is 14.5. The molecular weight excluding hydrogens is 297 g/mol. The van der Waals surface area contributed by atoms with Crippen LogP contribution in [0.4, 0.5) is 10.2 Å². The van der Waals surface area contributed by atoms with Gasteiger partial charge in [-0.2, -0.15) is 0 Å². The topological polar surface area (TPSA) is 37.8 Å². The van der Waals surface area contributed by atoms with E-state index >= 15 is 0 Å². The van der Waals surface area contributed by atoms with Gasteiger partial charge in [-0.25, -0.2) is 14.4 Å². The Bertz CT molecular complexity index is 792. The molecule has 0 unspecified atom stereocenters. The zero-order chi connectivity index (χ0) is 15.4. The molecule has 0 aliphatic carbocycles. The molecule has 0 atom stereocenters. The molecule has 0 radical (unpaired) electrons. The van der Waals surface area contributed by atoms with E-state index in [1.807, 2.05) is 30.3 Å². The summed E-state index contributed by atoms with van der Waals surface area (Å²) in [6.07, 6.45) is 0. The number of fused-ring (bicyclic) bond motifs is 1. The quantitative estimate of drug-likeness (QED) is 0.556. The van der Waals surface area contributed by atoms with Crippen LogP contribution in [0.5, 0.6) is 0 Å². The maximum atomic E-state index is 13.3. The lowest BCUT2D eigenvalue weighted by Crippen LogP contribution is -2.04. The first-order valence-electron chi connectivity index (χ1n) is 7.14. The predicted octanol–water partition coefficient (Wildman–Crippen LogP) is 4.49. The number of benzene rings is 2. The molecule has 0 amide bonds. The van der Waals surface area contributed by atoms with E-state index in [1.54, 1.807) is 17.8 Å². The Balaban J connectivity index is 1.91. The average molecular weight is 313 g/mol. The van der Waals surface area contributed by atoms with Gasteiger partial charge in [-0.15, -0.1) is 0 Å². The summed E-state index contributed by atoms with van der Waals surface area (Å²) in [4.78, 5) is 9.12. The second-order valence-corrected chi connectivity index (χ2v) is 6.02. The first-order chi connectivity index (χ1) is 10.8. The van der Waals surface area contributed by atoms with Gasteiger partial charge in [0.15, 0.2) is 5.16 Å². The van der Waals surface area contributed by atoms with Gasteiger partial charge in [-0.05, 0) is 35.6 Å². The van der Waals surface area contributed by atoms with Crippen LogP contribution in [0.2, 0.25) is 0 Å². The van der Waals surface area contributed by atoms with Crippen LogP contribution in [0.1, 0.15) is 12.5 Å². The standard InChI is InChI=1S/C17H16FN3S/c1-2-22-17-20-15-9-4-3-8-14(15)16(21-17)19-11-12-6-5-7-13(18)10-12/h3-10H,2,11H2,1H3,(H,19,20,21). The van der Waals surface area contributed by atoms with Crippen LogP contribution < -0.4 is 5.32 Å². The fraction of sp³-hybridized carbons (Fsp3) is 0.176. The molecule has 1 heterocycles. The van der Waals surface area contributed by atoms with Crippen LogP contribution in [-0.4, -0.2) is 15.7 Å². The van der Waals surface area contributed by atoms with E-state index in [4.69, 9.17) is 0 Å². The monoisotopic (exact) mass is 313 g/mol. The average Bonchev–Trinajstić information content (AvgIpc) is 2.53. The number of aromatic nitrogens is 2. The smallest absolute Gasteiger partial charge is 0.190 e. The molecule has 112 valence electrons. The molecule has 5 heteroatoms. The fourth-order valence-corrected chi connectivity index (χ4v) is 2.79. The molecule has 2 aromatic carbocycles. The summed E-state index contributed by atoms with van der Waals surface area (Å²) in [5.74, 6) is 1.47.